The van der Waals surface area contributed by atoms with E-state index < -0.39 is 11.6 Å². The van der Waals surface area contributed by atoms with Crippen molar-refractivity contribution in [3.63, 3.8) is 0 Å². The smallest absolute Gasteiger partial charge is 0.162 e. The van der Waals surface area contributed by atoms with Gasteiger partial charge in [-0.05, 0) is 36.5 Å². The van der Waals surface area contributed by atoms with Crippen molar-refractivity contribution in [2.24, 2.45) is 5.73 Å². The van der Waals surface area contributed by atoms with Crippen molar-refractivity contribution < 1.29 is 8.78 Å². The van der Waals surface area contributed by atoms with Gasteiger partial charge in [0.2, 0.25) is 0 Å². The first-order chi connectivity index (χ1) is 9.09. The number of hydrogen-bond acceptors (Lipinski definition) is 1. The highest BCUT2D eigenvalue weighted by molar-refractivity contribution is 5.26. The summed E-state index contributed by atoms with van der Waals surface area (Å²) >= 11 is 0. The van der Waals surface area contributed by atoms with Gasteiger partial charge in [-0.2, -0.15) is 0 Å². The molecule has 0 amide bonds. The number of halogens is 2. The van der Waals surface area contributed by atoms with E-state index >= 15 is 0 Å². The maximum Gasteiger partial charge on any atom is 0.162 e. The third-order valence-electron chi connectivity index (χ3n) is 3.31. The lowest BCUT2D eigenvalue weighted by Gasteiger charge is -2.12. The van der Waals surface area contributed by atoms with E-state index in [1.165, 1.54) is 0 Å². The molecule has 0 aromatic heterocycles. The van der Waals surface area contributed by atoms with E-state index in [-0.39, 0.29) is 6.04 Å². The van der Waals surface area contributed by atoms with Crippen molar-refractivity contribution in [3.8, 4) is 0 Å². The topological polar surface area (TPSA) is 26.0 Å². The van der Waals surface area contributed by atoms with E-state index in [9.17, 15) is 8.78 Å². The third kappa shape index (κ3) is 3.18. The third-order valence-corrected chi connectivity index (χ3v) is 3.31. The Morgan fingerprint density at radius 3 is 2.37 bits per heavy atom. The fraction of sp³-hybridized carbons (Fsp3) is 0.250. The van der Waals surface area contributed by atoms with Crippen LogP contribution in [0.2, 0.25) is 0 Å². The number of nitrogens with two attached hydrogens (primary N) is 1. The second kappa shape index (κ2) is 5.93. The molecule has 0 heterocycles. The van der Waals surface area contributed by atoms with Crippen LogP contribution in [0.3, 0.4) is 0 Å². The summed E-state index contributed by atoms with van der Waals surface area (Å²) in [7, 11) is 0. The molecular weight excluding hydrogens is 244 g/mol. The Balaban J connectivity index is 2.05. The van der Waals surface area contributed by atoms with E-state index in [4.69, 9.17) is 5.73 Å². The van der Waals surface area contributed by atoms with Gasteiger partial charge in [-0.1, -0.05) is 42.5 Å². The summed E-state index contributed by atoms with van der Waals surface area (Å²) in [6.07, 6.45) is 1.02. The van der Waals surface area contributed by atoms with Gasteiger partial charge >= 0.3 is 0 Å². The van der Waals surface area contributed by atoms with Crippen LogP contribution < -0.4 is 5.73 Å². The van der Waals surface area contributed by atoms with Crippen LogP contribution in [0.25, 0.3) is 0 Å². The fourth-order valence-electron chi connectivity index (χ4n) is 2.06. The average molecular weight is 261 g/mol. The minimum absolute atomic E-state index is 0.162. The molecule has 1 unspecified atom stereocenters. The van der Waals surface area contributed by atoms with Crippen LogP contribution in [0.15, 0.2) is 42.5 Å². The summed E-state index contributed by atoms with van der Waals surface area (Å²) in [5.41, 5.74) is 7.77. The van der Waals surface area contributed by atoms with Crippen molar-refractivity contribution in [2.45, 2.75) is 25.8 Å². The molecule has 0 aliphatic carbocycles. The highest BCUT2D eigenvalue weighted by Crippen LogP contribution is 2.20. The van der Waals surface area contributed by atoms with Crippen LogP contribution in [0.4, 0.5) is 8.78 Å². The second-order valence-corrected chi connectivity index (χ2v) is 4.73. The van der Waals surface area contributed by atoms with Gasteiger partial charge in [-0.25, -0.2) is 8.78 Å². The van der Waals surface area contributed by atoms with Gasteiger partial charge in [0.05, 0.1) is 0 Å². The minimum Gasteiger partial charge on any atom is -0.324 e. The molecule has 0 aliphatic rings. The van der Waals surface area contributed by atoms with Gasteiger partial charge in [0.25, 0.3) is 0 Å². The minimum atomic E-state index is -0.759. The number of rotatable bonds is 4. The van der Waals surface area contributed by atoms with Crippen LogP contribution in [0.1, 0.15) is 29.2 Å². The lowest BCUT2D eigenvalue weighted by atomic mass is 9.99. The monoisotopic (exact) mass is 261 g/mol. The van der Waals surface area contributed by atoms with E-state index in [0.717, 1.165) is 5.56 Å². The molecule has 0 aliphatic heterocycles. The summed E-state index contributed by atoms with van der Waals surface area (Å²) in [6, 6.07) is 12.7. The number of benzene rings is 2. The summed E-state index contributed by atoms with van der Waals surface area (Å²) in [5, 5.41) is 0. The van der Waals surface area contributed by atoms with Crippen LogP contribution in [-0.4, -0.2) is 0 Å². The Morgan fingerprint density at radius 2 is 1.68 bits per heavy atom. The second-order valence-electron chi connectivity index (χ2n) is 4.73. The molecule has 0 spiro atoms. The van der Waals surface area contributed by atoms with Gasteiger partial charge in [0, 0.05) is 6.04 Å². The molecule has 3 heteroatoms. The number of aryl methyl sites for hydroxylation is 2. The molecule has 0 bridgehead atoms. The molecule has 19 heavy (non-hydrogen) atoms. The van der Waals surface area contributed by atoms with Crippen LogP contribution in [-0.2, 0) is 6.42 Å². The van der Waals surface area contributed by atoms with Crippen LogP contribution in [0, 0.1) is 18.6 Å². The van der Waals surface area contributed by atoms with Gasteiger partial charge in [-0.15, -0.1) is 0 Å². The Hall–Kier alpha value is -1.74. The number of hydrogen-bond donors (Lipinski definition) is 1. The first kappa shape index (κ1) is 13.7. The van der Waals surface area contributed by atoms with Crippen LogP contribution >= 0.6 is 0 Å². The normalized spacial score (nSPS) is 12.4. The maximum atomic E-state index is 13.7. The van der Waals surface area contributed by atoms with Crippen molar-refractivity contribution >= 4 is 0 Å². The maximum absolute atomic E-state index is 13.7. The zero-order valence-corrected chi connectivity index (χ0v) is 10.9. The molecule has 2 rings (SSSR count). The van der Waals surface area contributed by atoms with Gasteiger partial charge in [0.15, 0.2) is 11.6 Å². The highest BCUT2D eigenvalue weighted by atomic mass is 19.2. The largest absolute Gasteiger partial charge is 0.324 e. The Bertz CT molecular complexity index is 552. The first-order valence-corrected chi connectivity index (χ1v) is 6.33. The summed E-state index contributed by atoms with van der Waals surface area (Å²) in [6.45, 7) is 1.55. The van der Waals surface area contributed by atoms with E-state index in [0.29, 0.717) is 24.0 Å². The standard InChI is InChI=1S/C16H17F2N/c1-11-7-8-13(16(18)15(11)17)9-10-14(19)12-5-3-2-4-6-12/h2-8,14H,9-10,19H2,1H3. The summed E-state index contributed by atoms with van der Waals surface area (Å²) in [4.78, 5) is 0. The zero-order valence-electron chi connectivity index (χ0n) is 10.9. The Labute approximate surface area is 112 Å². The molecule has 1 atom stereocenters. The lowest BCUT2D eigenvalue weighted by Crippen LogP contribution is -2.11. The highest BCUT2D eigenvalue weighted by Gasteiger charge is 2.12. The molecule has 0 radical (unpaired) electrons. The van der Waals surface area contributed by atoms with Crippen molar-refractivity contribution in [1.29, 1.82) is 0 Å². The Morgan fingerprint density at radius 1 is 1.00 bits per heavy atom. The molecule has 0 fully saturated rings. The SMILES string of the molecule is Cc1ccc(CCC(N)c2ccccc2)c(F)c1F. The summed E-state index contributed by atoms with van der Waals surface area (Å²) in [5.74, 6) is -1.51. The van der Waals surface area contributed by atoms with Gasteiger partial charge in [-0.3, -0.25) is 0 Å². The van der Waals surface area contributed by atoms with E-state index in [1.54, 1.807) is 19.1 Å². The summed E-state index contributed by atoms with van der Waals surface area (Å²) < 4.78 is 27.1. The van der Waals surface area contributed by atoms with Crippen molar-refractivity contribution in [3.05, 3.63) is 70.8 Å². The van der Waals surface area contributed by atoms with Crippen LogP contribution in [0.5, 0.6) is 0 Å². The molecule has 0 saturated carbocycles. The average Bonchev–Trinajstić information content (AvgIpc) is 2.45. The Kier molecular flexibility index (Phi) is 4.27. The van der Waals surface area contributed by atoms with Crippen molar-refractivity contribution in [1.82, 2.24) is 0 Å². The molecule has 2 aromatic carbocycles. The van der Waals surface area contributed by atoms with E-state index in [1.807, 2.05) is 30.3 Å². The van der Waals surface area contributed by atoms with Crippen molar-refractivity contribution in [2.75, 3.05) is 0 Å². The molecule has 2 aromatic rings. The quantitative estimate of drug-likeness (QED) is 0.887. The predicted octanol–water partition coefficient (Wildman–Crippen LogP) is 3.91. The lowest BCUT2D eigenvalue weighted by molar-refractivity contribution is 0.489. The first-order valence-electron chi connectivity index (χ1n) is 6.33. The fourth-order valence-corrected chi connectivity index (χ4v) is 2.06. The molecule has 2 N–H and O–H groups in total. The van der Waals surface area contributed by atoms with Gasteiger partial charge < -0.3 is 5.73 Å². The molecule has 1 nitrogen and oxygen atoms in total. The molecular formula is C16H17F2N. The van der Waals surface area contributed by atoms with E-state index in [2.05, 4.69) is 0 Å². The van der Waals surface area contributed by atoms with Gasteiger partial charge in [0.1, 0.15) is 0 Å². The predicted molar refractivity (Wildman–Crippen MR) is 72.8 cm³/mol. The molecule has 100 valence electrons. The molecule has 0 saturated heterocycles. The zero-order chi connectivity index (χ0) is 13.8.